The molecule has 0 aliphatic rings. The van der Waals surface area contributed by atoms with Gasteiger partial charge < -0.3 is 15.2 Å². The quantitative estimate of drug-likeness (QED) is 0.778. The molecule has 1 aromatic rings. The van der Waals surface area contributed by atoms with E-state index >= 15 is 0 Å². The van der Waals surface area contributed by atoms with Crippen LogP contribution in [0.5, 0.6) is 0 Å². The van der Waals surface area contributed by atoms with Crippen molar-refractivity contribution >= 4 is 11.7 Å². The molecule has 0 unspecified atom stereocenters. The number of ether oxygens (including phenoxy) is 2. The Balaban J connectivity index is 2.53. The lowest BCUT2D eigenvalue weighted by molar-refractivity contribution is -0.00579. The molecule has 0 saturated carbocycles. The molecule has 0 spiro atoms. The van der Waals surface area contributed by atoms with Crippen molar-refractivity contribution in [3.05, 3.63) is 11.9 Å². The second kappa shape index (κ2) is 5.86. The number of nitrogen functional groups attached to an aromatic ring is 1. The van der Waals surface area contributed by atoms with Crippen molar-refractivity contribution in [1.29, 1.82) is 0 Å². The van der Waals surface area contributed by atoms with E-state index < -0.39 is 5.97 Å². The molecule has 0 fully saturated rings. The number of hydrogen-bond acceptors (Lipinski definition) is 5. The molecular weight excluding hydrogens is 234 g/mol. The van der Waals surface area contributed by atoms with E-state index in [-0.39, 0.29) is 17.9 Å². The van der Waals surface area contributed by atoms with Gasteiger partial charge in [0.25, 0.3) is 0 Å². The Morgan fingerprint density at radius 3 is 2.72 bits per heavy atom. The SMILES string of the molecule is CCn1cc(N)c(C(=O)OCCC(C)(C)OC)n1. The van der Waals surface area contributed by atoms with Gasteiger partial charge in [-0.1, -0.05) is 0 Å². The summed E-state index contributed by atoms with van der Waals surface area (Å²) >= 11 is 0. The molecule has 0 radical (unpaired) electrons. The van der Waals surface area contributed by atoms with Crippen LogP contribution in [0.25, 0.3) is 0 Å². The third kappa shape index (κ3) is 3.73. The first-order valence-electron chi connectivity index (χ1n) is 5.95. The van der Waals surface area contributed by atoms with E-state index in [1.54, 1.807) is 18.0 Å². The first-order valence-corrected chi connectivity index (χ1v) is 5.95. The highest BCUT2D eigenvalue weighted by molar-refractivity contribution is 5.92. The van der Waals surface area contributed by atoms with Crippen molar-refractivity contribution < 1.29 is 14.3 Å². The molecule has 0 bridgehead atoms. The van der Waals surface area contributed by atoms with Gasteiger partial charge in [-0.15, -0.1) is 0 Å². The highest BCUT2D eigenvalue weighted by Gasteiger charge is 2.19. The van der Waals surface area contributed by atoms with Gasteiger partial charge in [0.1, 0.15) is 0 Å². The van der Waals surface area contributed by atoms with Crippen LogP contribution in [0.2, 0.25) is 0 Å². The Kier molecular flexibility index (Phi) is 4.72. The third-order valence-corrected chi connectivity index (χ3v) is 2.80. The van der Waals surface area contributed by atoms with E-state index in [9.17, 15) is 4.79 Å². The number of anilines is 1. The second-order valence-electron chi connectivity index (χ2n) is 4.64. The molecule has 0 amide bonds. The van der Waals surface area contributed by atoms with E-state index in [2.05, 4.69) is 5.10 Å². The summed E-state index contributed by atoms with van der Waals surface area (Å²) in [5, 5.41) is 4.05. The lowest BCUT2D eigenvalue weighted by Crippen LogP contribution is -2.25. The molecule has 102 valence electrons. The van der Waals surface area contributed by atoms with Crippen LogP contribution in [0.4, 0.5) is 5.69 Å². The lowest BCUT2D eigenvalue weighted by atomic mass is 10.1. The van der Waals surface area contributed by atoms with Gasteiger partial charge in [0, 0.05) is 26.3 Å². The summed E-state index contributed by atoms with van der Waals surface area (Å²) in [7, 11) is 1.63. The molecule has 0 aromatic carbocycles. The van der Waals surface area contributed by atoms with E-state index in [1.807, 2.05) is 20.8 Å². The molecular formula is C12H21N3O3. The number of nitrogens with two attached hydrogens (primary N) is 1. The number of carbonyl (C=O) groups is 1. The summed E-state index contributed by atoms with van der Waals surface area (Å²) in [4.78, 5) is 11.8. The molecule has 1 aromatic heterocycles. The van der Waals surface area contributed by atoms with Crippen LogP contribution in [-0.4, -0.2) is 35.1 Å². The Morgan fingerprint density at radius 2 is 2.22 bits per heavy atom. The fraction of sp³-hybridized carbons (Fsp3) is 0.667. The van der Waals surface area contributed by atoms with E-state index in [4.69, 9.17) is 15.2 Å². The molecule has 1 rings (SSSR count). The monoisotopic (exact) mass is 255 g/mol. The van der Waals surface area contributed by atoms with E-state index in [0.717, 1.165) is 0 Å². The summed E-state index contributed by atoms with van der Waals surface area (Å²) in [5.41, 5.74) is 5.90. The summed E-state index contributed by atoms with van der Waals surface area (Å²) in [5.74, 6) is -0.494. The lowest BCUT2D eigenvalue weighted by Gasteiger charge is -2.22. The molecule has 18 heavy (non-hydrogen) atoms. The van der Waals surface area contributed by atoms with Gasteiger partial charge in [-0.25, -0.2) is 4.79 Å². The maximum atomic E-state index is 11.8. The minimum atomic E-state index is -0.494. The number of methoxy groups -OCH3 is 1. The zero-order valence-electron chi connectivity index (χ0n) is 11.4. The fourth-order valence-electron chi connectivity index (χ4n) is 1.32. The Morgan fingerprint density at radius 1 is 1.56 bits per heavy atom. The van der Waals surface area contributed by atoms with Crippen molar-refractivity contribution in [2.24, 2.45) is 0 Å². The van der Waals surface area contributed by atoms with Crippen LogP contribution in [0.1, 0.15) is 37.7 Å². The number of aryl methyl sites for hydroxylation is 1. The molecule has 1 heterocycles. The average Bonchev–Trinajstić information content (AvgIpc) is 2.70. The van der Waals surface area contributed by atoms with Gasteiger partial charge >= 0.3 is 5.97 Å². The van der Waals surface area contributed by atoms with Crippen LogP contribution < -0.4 is 5.73 Å². The van der Waals surface area contributed by atoms with E-state index in [0.29, 0.717) is 18.7 Å². The van der Waals surface area contributed by atoms with Gasteiger partial charge in [0.15, 0.2) is 5.69 Å². The van der Waals surface area contributed by atoms with Gasteiger partial charge in [-0.05, 0) is 20.8 Å². The largest absolute Gasteiger partial charge is 0.461 e. The molecule has 0 atom stereocenters. The standard InChI is InChI=1S/C12H21N3O3/c1-5-15-8-9(13)10(14-15)11(16)18-7-6-12(2,3)17-4/h8H,5-7,13H2,1-4H3. The predicted molar refractivity (Wildman–Crippen MR) is 68.3 cm³/mol. The van der Waals surface area contributed by atoms with Crippen LogP contribution in [0, 0.1) is 0 Å². The van der Waals surface area contributed by atoms with Crippen molar-refractivity contribution in [3.63, 3.8) is 0 Å². The summed E-state index contributed by atoms with van der Waals surface area (Å²) in [6, 6.07) is 0. The van der Waals surface area contributed by atoms with Crippen molar-refractivity contribution in [2.45, 2.75) is 39.3 Å². The summed E-state index contributed by atoms with van der Waals surface area (Å²) in [6.07, 6.45) is 2.24. The molecule has 0 saturated heterocycles. The smallest absolute Gasteiger partial charge is 0.361 e. The van der Waals surface area contributed by atoms with Crippen LogP contribution >= 0.6 is 0 Å². The van der Waals surface area contributed by atoms with E-state index in [1.165, 1.54) is 0 Å². The molecule has 2 N–H and O–H groups in total. The highest BCUT2D eigenvalue weighted by atomic mass is 16.5. The van der Waals surface area contributed by atoms with Crippen LogP contribution in [0.15, 0.2) is 6.20 Å². The molecule has 0 aliphatic carbocycles. The van der Waals surface area contributed by atoms with Crippen LogP contribution in [0.3, 0.4) is 0 Å². The van der Waals surface area contributed by atoms with Crippen molar-refractivity contribution in [1.82, 2.24) is 9.78 Å². The molecule has 6 heteroatoms. The number of aromatic nitrogens is 2. The number of rotatable bonds is 6. The summed E-state index contributed by atoms with van der Waals surface area (Å²) < 4.78 is 12.0. The van der Waals surface area contributed by atoms with Crippen LogP contribution in [-0.2, 0) is 16.0 Å². The van der Waals surface area contributed by atoms with Crippen molar-refractivity contribution in [2.75, 3.05) is 19.5 Å². The number of carbonyl (C=O) groups excluding carboxylic acids is 1. The summed E-state index contributed by atoms with van der Waals surface area (Å²) in [6.45, 7) is 6.72. The highest BCUT2D eigenvalue weighted by Crippen LogP contribution is 2.14. The number of esters is 1. The zero-order chi connectivity index (χ0) is 13.8. The topological polar surface area (TPSA) is 79.4 Å². The Bertz CT molecular complexity index is 413. The zero-order valence-corrected chi connectivity index (χ0v) is 11.4. The average molecular weight is 255 g/mol. The van der Waals surface area contributed by atoms with Gasteiger partial charge in [0.2, 0.25) is 0 Å². The van der Waals surface area contributed by atoms with Crippen molar-refractivity contribution in [3.8, 4) is 0 Å². The Labute approximate surface area is 107 Å². The Hall–Kier alpha value is -1.56. The predicted octanol–water partition coefficient (Wildman–Crippen LogP) is 1.46. The first-order chi connectivity index (χ1) is 8.39. The third-order valence-electron chi connectivity index (χ3n) is 2.80. The van der Waals surface area contributed by atoms with Gasteiger partial charge in [-0.2, -0.15) is 5.10 Å². The second-order valence-corrected chi connectivity index (χ2v) is 4.64. The molecule has 6 nitrogen and oxygen atoms in total. The maximum Gasteiger partial charge on any atom is 0.361 e. The fourth-order valence-corrected chi connectivity index (χ4v) is 1.32. The minimum Gasteiger partial charge on any atom is -0.461 e. The number of nitrogens with zero attached hydrogens (tertiary/aromatic N) is 2. The minimum absolute atomic E-state index is 0.173. The number of hydrogen-bond donors (Lipinski definition) is 1. The van der Waals surface area contributed by atoms with Gasteiger partial charge in [-0.3, -0.25) is 4.68 Å². The first kappa shape index (κ1) is 14.5. The molecule has 0 aliphatic heterocycles. The van der Waals surface area contributed by atoms with Gasteiger partial charge in [0.05, 0.1) is 17.9 Å². The maximum absolute atomic E-state index is 11.8. The normalized spacial score (nSPS) is 11.6.